The van der Waals surface area contributed by atoms with Crippen molar-refractivity contribution >= 4 is 23.0 Å². The van der Waals surface area contributed by atoms with Crippen LogP contribution in [0.2, 0.25) is 0 Å². The zero-order valence-electron chi connectivity index (χ0n) is 12.2. The van der Waals surface area contributed by atoms with Gasteiger partial charge in [0.1, 0.15) is 0 Å². The van der Waals surface area contributed by atoms with Gasteiger partial charge < -0.3 is 15.0 Å². The van der Waals surface area contributed by atoms with Gasteiger partial charge in [0.05, 0.1) is 11.7 Å². The van der Waals surface area contributed by atoms with Gasteiger partial charge in [0, 0.05) is 11.3 Å². The molecule has 5 atom stereocenters. The number of halogens is 1. The van der Waals surface area contributed by atoms with Crippen molar-refractivity contribution in [3.05, 3.63) is 0 Å². The largest absolute Gasteiger partial charge is 0.475 e. The molecule has 0 aromatic rings. The Balaban J connectivity index is 1.70. The number of hydrogen-bond acceptors (Lipinski definition) is 3. The Labute approximate surface area is 125 Å². The van der Waals surface area contributed by atoms with Crippen LogP contribution >= 0.6 is 15.9 Å². The minimum atomic E-state index is -0.204. The molecule has 3 aliphatic carbocycles. The number of nitrogens with two attached hydrogens (primary N) is 1. The minimum absolute atomic E-state index is 0.000266. The smallest absolute Gasteiger partial charge is 0.404 e. The third-order valence-corrected chi connectivity index (χ3v) is 6.55. The van der Waals surface area contributed by atoms with E-state index in [9.17, 15) is 0 Å². The lowest BCUT2D eigenvalue weighted by molar-refractivity contribution is -0.199. The molecule has 4 aliphatic rings. The summed E-state index contributed by atoms with van der Waals surface area (Å²) in [5.74, 6) is 1.43. The van der Waals surface area contributed by atoms with E-state index in [4.69, 9.17) is 15.0 Å². The van der Waals surface area contributed by atoms with Gasteiger partial charge in [-0.15, -0.1) is 0 Å². The normalized spacial score (nSPS) is 44.7. The highest BCUT2D eigenvalue weighted by atomic mass is 79.9. The fourth-order valence-electron chi connectivity index (χ4n) is 4.53. The maximum Gasteiger partial charge on any atom is 0.475 e. The van der Waals surface area contributed by atoms with Gasteiger partial charge in [-0.2, -0.15) is 0 Å². The molecule has 1 aliphatic heterocycles. The second-order valence-electron chi connectivity index (χ2n) is 7.33. The molecule has 1 heterocycles. The van der Waals surface area contributed by atoms with Crippen molar-refractivity contribution in [3.63, 3.8) is 0 Å². The Morgan fingerprint density at radius 2 is 2.11 bits per heavy atom. The van der Waals surface area contributed by atoms with Crippen LogP contribution in [0.25, 0.3) is 0 Å². The lowest BCUT2D eigenvalue weighted by Crippen LogP contribution is -2.65. The fraction of sp³-hybridized carbons (Fsp3) is 1.00. The van der Waals surface area contributed by atoms with E-state index < -0.39 is 0 Å². The van der Waals surface area contributed by atoms with Crippen molar-refractivity contribution in [2.24, 2.45) is 23.0 Å². The molecule has 19 heavy (non-hydrogen) atoms. The van der Waals surface area contributed by atoms with E-state index in [0.717, 1.165) is 30.5 Å². The zero-order chi connectivity index (χ0) is 13.8. The van der Waals surface area contributed by atoms with Crippen molar-refractivity contribution in [2.45, 2.75) is 64.1 Å². The third kappa shape index (κ3) is 2.03. The minimum Gasteiger partial charge on any atom is -0.404 e. The van der Waals surface area contributed by atoms with Crippen LogP contribution in [0.3, 0.4) is 0 Å². The molecule has 0 aromatic heterocycles. The molecule has 0 aromatic carbocycles. The first kappa shape index (κ1) is 14.4. The lowest BCUT2D eigenvalue weighted by atomic mass is 9.43. The fourth-order valence-corrected chi connectivity index (χ4v) is 4.86. The van der Waals surface area contributed by atoms with Gasteiger partial charge in [-0.1, -0.05) is 29.8 Å². The topological polar surface area (TPSA) is 44.5 Å². The van der Waals surface area contributed by atoms with Gasteiger partial charge in [0.15, 0.2) is 0 Å². The van der Waals surface area contributed by atoms with Crippen LogP contribution in [0.1, 0.15) is 46.5 Å². The van der Waals surface area contributed by atoms with Crippen LogP contribution in [0, 0.1) is 17.3 Å². The molecule has 1 saturated heterocycles. The van der Waals surface area contributed by atoms with Gasteiger partial charge in [0.2, 0.25) is 0 Å². The number of rotatable bonds is 4. The highest BCUT2D eigenvalue weighted by molar-refractivity contribution is 9.09. The average Bonchev–Trinajstić information content (AvgIpc) is 2.72. The van der Waals surface area contributed by atoms with E-state index in [0.29, 0.717) is 11.3 Å². The molecule has 4 rings (SSSR count). The number of hydrogen-bond donors (Lipinski definition) is 1. The molecule has 2 N–H and O–H groups in total. The maximum atomic E-state index is 6.33. The van der Waals surface area contributed by atoms with Crippen LogP contribution in [0.5, 0.6) is 0 Å². The summed E-state index contributed by atoms with van der Waals surface area (Å²) in [5.41, 5.74) is 6.52. The van der Waals surface area contributed by atoms with E-state index in [2.05, 4.69) is 36.7 Å². The van der Waals surface area contributed by atoms with E-state index >= 15 is 0 Å². The van der Waals surface area contributed by atoms with Crippen molar-refractivity contribution in [2.75, 3.05) is 5.33 Å². The summed E-state index contributed by atoms with van der Waals surface area (Å²) in [6.07, 6.45) is 4.72. The summed E-state index contributed by atoms with van der Waals surface area (Å²) < 4.78 is 12.5. The molecule has 3 nitrogen and oxygen atoms in total. The van der Waals surface area contributed by atoms with Crippen LogP contribution in [0.4, 0.5) is 0 Å². The first-order valence-electron chi connectivity index (χ1n) is 7.54. The molecular weight excluding hydrogens is 305 g/mol. The highest BCUT2D eigenvalue weighted by Gasteiger charge is 2.68. The van der Waals surface area contributed by atoms with Crippen LogP contribution in [-0.2, 0) is 9.31 Å². The Morgan fingerprint density at radius 3 is 2.74 bits per heavy atom. The van der Waals surface area contributed by atoms with E-state index in [1.54, 1.807) is 0 Å². The SMILES string of the molecule is CC1(C)[C@@H]2C[C@@H]3OB([C@@H](N)CCCBr)O[C@@]3(C)[C@@H]1C2. The second-order valence-corrected chi connectivity index (χ2v) is 8.13. The summed E-state index contributed by atoms with van der Waals surface area (Å²) in [4.78, 5) is 0. The van der Waals surface area contributed by atoms with Crippen LogP contribution in [-0.4, -0.2) is 30.1 Å². The predicted octanol–water partition coefficient (Wildman–Crippen LogP) is 2.76. The molecule has 3 saturated carbocycles. The Hall–Kier alpha value is 0.425. The third-order valence-electron chi connectivity index (χ3n) is 5.99. The second kappa shape index (κ2) is 4.72. The van der Waals surface area contributed by atoms with E-state index in [1.807, 2.05) is 0 Å². The molecule has 2 bridgehead atoms. The molecule has 5 heteroatoms. The number of alkyl halides is 1. The average molecular weight is 330 g/mol. The first-order valence-corrected chi connectivity index (χ1v) is 8.66. The summed E-state index contributed by atoms with van der Waals surface area (Å²) >= 11 is 3.45. The maximum absolute atomic E-state index is 6.33. The molecule has 108 valence electrons. The molecule has 0 amide bonds. The van der Waals surface area contributed by atoms with Gasteiger partial charge in [0.25, 0.3) is 0 Å². The molecule has 0 unspecified atom stereocenters. The summed E-state index contributed by atoms with van der Waals surface area (Å²) in [6, 6.07) is 0. The molecule has 0 radical (unpaired) electrons. The van der Waals surface area contributed by atoms with Crippen molar-refractivity contribution in [3.8, 4) is 0 Å². The van der Waals surface area contributed by atoms with Crippen LogP contribution in [0.15, 0.2) is 0 Å². The highest BCUT2D eigenvalue weighted by Crippen LogP contribution is 2.65. The summed E-state index contributed by atoms with van der Waals surface area (Å²) in [6.45, 7) is 7.01. The monoisotopic (exact) mass is 329 g/mol. The summed E-state index contributed by atoms with van der Waals surface area (Å²) in [5, 5.41) is 0.992. The zero-order valence-corrected chi connectivity index (χ0v) is 13.8. The Bertz CT molecular complexity index is 367. The predicted molar refractivity (Wildman–Crippen MR) is 81.1 cm³/mol. The standard InChI is InChI=1S/C14H25BBrNO2/c1-13(2)9-7-10(13)14(3)11(8-9)18-15(19-14)12(17)5-4-6-16/h9-12H,4-8,17H2,1-3H3/t9-,10+,11-,12-,14-/m0/s1. The molecule has 0 spiro atoms. The lowest BCUT2D eigenvalue weighted by Gasteiger charge is -2.64. The van der Waals surface area contributed by atoms with E-state index in [1.165, 1.54) is 6.42 Å². The van der Waals surface area contributed by atoms with Crippen LogP contribution < -0.4 is 5.73 Å². The Morgan fingerprint density at radius 1 is 1.37 bits per heavy atom. The first-order chi connectivity index (χ1) is 8.89. The van der Waals surface area contributed by atoms with E-state index in [-0.39, 0.29) is 24.8 Å². The van der Waals surface area contributed by atoms with Gasteiger partial charge in [-0.25, -0.2) is 0 Å². The quantitative estimate of drug-likeness (QED) is 0.637. The molecule has 4 fully saturated rings. The van der Waals surface area contributed by atoms with Gasteiger partial charge >= 0.3 is 7.12 Å². The van der Waals surface area contributed by atoms with Gasteiger partial charge in [-0.3, -0.25) is 0 Å². The molecular formula is C14H25BBrNO2. The summed E-state index contributed by atoms with van der Waals surface area (Å²) in [7, 11) is -0.204. The van der Waals surface area contributed by atoms with Crippen molar-refractivity contribution < 1.29 is 9.31 Å². The van der Waals surface area contributed by atoms with Gasteiger partial charge in [-0.05, 0) is 49.9 Å². The van der Waals surface area contributed by atoms with Crippen molar-refractivity contribution in [1.82, 2.24) is 0 Å². The Kier molecular flexibility index (Phi) is 3.57. The van der Waals surface area contributed by atoms with Crippen molar-refractivity contribution in [1.29, 1.82) is 0 Å².